The molecule has 16 heavy (non-hydrogen) atoms. The van der Waals surface area contributed by atoms with Gasteiger partial charge in [-0.3, -0.25) is 0 Å². The molecule has 0 aliphatic heterocycles. The standard InChI is InChI=1S/C12H6Cl2N2/c13-11-3-1-2-9(6-11)4-5-10-7-15-12(14)16-8-10/h1-3,6-8H. The van der Waals surface area contributed by atoms with Gasteiger partial charge in [-0.1, -0.05) is 29.5 Å². The van der Waals surface area contributed by atoms with E-state index in [2.05, 4.69) is 21.8 Å². The first-order chi connectivity index (χ1) is 7.74. The summed E-state index contributed by atoms with van der Waals surface area (Å²) in [7, 11) is 0. The van der Waals surface area contributed by atoms with Crippen molar-refractivity contribution in [1.82, 2.24) is 9.97 Å². The van der Waals surface area contributed by atoms with Crippen molar-refractivity contribution in [1.29, 1.82) is 0 Å². The Morgan fingerprint density at radius 3 is 2.31 bits per heavy atom. The number of hydrogen-bond acceptors (Lipinski definition) is 2. The number of aromatic nitrogens is 2. The van der Waals surface area contributed by atoms with E-state index in [1.807, 2.05) is 12.1 Å². The highest BCUT2D eigenvalue weighted by atomic mass is 35.5. The highest BCUT2D eigenvalue weighted by Gasteiger charge is 1.91. The lowest BCUT2D eigenvalue weighted by atomic mass is 10.2. The van der Waals surface area contributed by atoms with Crippen LogP contribution in [-0.2, 0) is 0 Å². The van der Waals surface area contributed by atoms with Crippen molar-refractivity contribution >= 4 is 23.2 Å². The molecule has 0 atom stereocenters. The SMILES string of the molecule is Clc1cccc(C#Cc2cnc(Cl)nc2)c1. The van der Waals surface area contributed by atoms with Crippen LogP contribution in [0.5, 0.6) is 0 Å². The fraction of sp³-hybridized carbons (Fsp3) is 0. The maximum atomic E-state index is 5.84. The normalized spacial score (nSPS) is 9.38. The Bertz CT molecular complexity index is 553. The van der Waals surface area contributed by atoms with E-state index in [1.54, 1.807) is 24.5 Å². The molecule has 1 aromatic heterocycles. The summed E-state index contributed by atoms with van der Waals surface area (Å²) in [5, 5.41) is 0.882. The summed E-state index contributed by atoms with van der Waals surface area (Å²) in [5.74, 6) is 5.89. The van der Waals surface area contributed by atoms with Gasteiger partial charge in [-0.2, -0.15) is 0 Å². The smallest absolute Gasteiger partial charge is 0.222 e. The predicted octanol–water partition coefficient (Wildman–Crippen LogP) is 3.18. The van der Waals surface area contributed by atoms with E-state index < -0.39 is 0 Å². The topological polar surface area (TPSA) is 25.8 Å². The second-order valence-electron chi connectivity index (χ2n) is 3.00. The van der Waals surface area contributed by atoms with Gasteiger partial charge in [0.2, 0.25) is 5.28 Å². The maximum Gasteiger partial charge on any atom is 0.222 e. The van der Waals surface area contributed by atoms with Gasteiger partial charge in [0.25, 0.3) is 0 Å². The summed E-state index contributed by atoms with van der Waals surface area (Å²) >= 11 is 11.4. The molecule has 0 aliphatic rings. The van der Waals surface area contributed by atoms with Gasteiger partial charge in [-0.15, -0.1) is 0 Å². The van der Waals surface area contributed by atoms with Crippen LogP contribution in [-0.4, -0.2) is 9.97 Å². The first kappa shape index (κ1) is 10.9. The predicted molar refractivity (Wildman–Crippen MR) is 64.5 cm³/mol. The van der Waals surface area contributed by atoms with Crippen molar-refractivity contribution in [2.24, 2.45) is 0 Å². The maximum absolute atomic E-state index is 5.84. The van der Waals surface area contributed by atoms with Gasteiger partial charge in [-0.25, -0.2) is 9.97 Å². The zero-order chi connectivity index (χ0) is 11.4. The van der Waals surface area contributed by atoms with Gasteiger partial charge in [0.05, 0.1) is 5.56 Å². The van der Waals surface area contributed by atoms with Gasteiger partial charge < -0.3 is 0 Å². The Balaban J connectivity index is 2.25. The average molecular weight is 249 g/mol. The van der Waals surface area contributed by atoms with Crippen LogP contribution in [0.3, 0.4) is 0 Å². The summed E-state index contributed by atoms with van der Waals surface area (Å²) in [6.07, 6.45) is 3.15. The highest BCUT2D eigenvalue weighted by molar-refractivity contribution is 6.30. The Morgan fingerprint density at radius 1 is 0.938 bits per heavy atom. The van der Waals surface area contributed by atoms with Crippen LogP contribution in [0.25, 0.3) is 0 Å². The van der Waals surface area contributed by atoms with E-state index in [9.17, 15) is 0 Å². The van der Waals surface area contributed by atoms with E-state index >= 15 is 0 Å². The molecule has 4 heteroatoms. The van der Waals surface area contributed by atoms with Crippen LogP contribution in [0.15, 0.2) is 36.7 Å². The third-order valence-corrected chi connectivity index (χ3v) is 2.23. The summed E-state index contributed by atoms with van der Waals surface area (Å²) < 4.78 is 0. The zero-order valence-electron chi connectivity index (χ0n) is 8.11. The molecule has 2 aromatic rings. The highest BCUT2D eigenvalue weighted by Crippen LogP contribution is 2.09. The van der Waals surface area contributed by atoms with Crippen LogP contribution in [0.4, 0.5) is 0 Å². The second kappa shape index (κ2) is 4.98. The Morgan fingerprint density at radius 2 is 1.62 bits per heavy atom. The van der Waals surface area contributed by atoms with Crippen molar-refractivity contribution in [3.05, 3.63) is 58.1 Å². The van der Waals surface area contributed by atoms with E-state index in [1.165, 1.54) is 0 Å². The second-order valence-corrected chi connectivity index (χ2v) is 3.78. The van der Waals surface area contributed by atoms with Crippen LogP contribution in [0.2, 0.25) is 10.3 Å². The third-order valence-electron chi connectivity index (χ3n) is 1.80. The van der Waals surface area contributed by atoms with Gasteiger partial charge in [0, 0.05) is 23.0 Å². The number of nitrogens with zero attached hydrogens (tertiary/aromatic N) is 2. The summed E-state index contributed by atoms with van der Waals surface area (Å²) in [6, 6.07) is 7.34. The first-order valence-electron chi connectivity index (χ1n) is 4.49. The average Bonchev–Trinajstić information content (AvgIpc) is 2.28. The molecule has 1 aromatic carbocycles. The van der Waals surface area contributed by atoms with E-state index in [0.717, 1.165) is 5.56 Å². The van der Waals surface area contributed by atoms with Crippen LogP contribution < -0.4 is 0 Å². The molecule has 0 aliphatic carbocycles. The minimum absolute atomic E-state index is 0.216. The molecule has 0 saturated heterocycles. The lowest BCUT2D eigenvalue weighted by Crippen LogP contribution is -1.83. The molecule has 0 saturated carbocycles. The van der Waals surface area contributed by atoms with Gasteiger partial charge in [-0.05, 0) is 29.8 Å². The summed E-state index contributed by atoms with van der Waals surface area (Å²) in [4.78, 5) is 7.67. The van der Waals surface area contributed by atoms with Crippen molar-refractivity contribution < 1.29 is 0 Å². The van der Waals surface area contributed by atoms with Crippen LogP contribution in [0.1, 0.15) is 11.1 Å². The molecule has 0 amide bonds. The van der Waals surface area contributed by atoms with Gasteiger partial charge in [0.1, 0.15) is 0 Å². The Kier molecular flexibility index (Phi) is 3.40. The lowest BCUT2D eigenvalue weighted by molar-refractivity contribution is 1.16. The molecule has 2 rings (SSSR count). The molecule has 0 N–H and O–H groups in total. The van der Waals surface area contributed by atoms with Gasteiger partial charge >= 0.3 is 0 Å². The molecule has 0 radical (unpaired) electrons. The van der Waals surface area contributed by atoms with Crippen molar-refractivity contribution in [2.45, 2.75) is 0 Å². The zero-order valence-corrected chi connectivity index (χ0v) is 9.63. The summed E-state index contributed by atoms with van der Waals surface area (Å²) in [6.45, 7) is 0. The van der Waals surface area contributed by atoms with E-state index in [4.69, 9.17) is 23.2 Å². The quantitative estimate of drug-likeness (QED) is 0.529. The molecule has 2 nitrogen and oxygen atoms in total. The van der Waals surface area contributed by atoms with Crippen molar-refractivity contribution in [3.63, 3.8) is 0 Å². The molecule has 0 fully saturated rings. The lowest BCUT2D eigenvalue weighted by Gasteiger charge is -1.91. The number of hydrogen-bond donors (Lipinski definition) is 0. The minimum Gasteiger partial charge on any atom is -0.225 e. The molecule has 78 valence electrons. The largest absolute Gasteiger partial charge is 0.225 e. The van der Waals surface area contributed by atoms with Crippen LogP contribution in [0, 0.1) is 11.8 Å². The molecule has 1 heterocycles. The first-order valence-corrected chi connectivity index (χ1v) is 5.25. The molecular formula is C12H6Cl2N2. The number of halogens is 2. The number of rotatable bonds is 0. The van der Waals surface area contributed by atoms with E-state index in [-0.39, 0.29) is 5.28 Å². The minimum atomic E-state index is 0.216. The molecule has 0 spiro atoms. The molecule has 0 bridgehead atoms. The third kappa shape index (κ3) is 2.96. The fourth-order valence-electron chi connectivity index (χ4n) is 1.09. The Labute approximate surface area is 103 Å². The summed E-state index contributed by atoms with van der Waals surface area (Å²) in [5.41, 5.74) is 1.56. The van der Waals surface area contributed by atoms with Crippen molar-refractivity contribution in [2.75, 3.05) is 0 Å². The van der Waals surface area contributed by atoms with Crippen LogP contribution >= 0.6 is 23.2 Å². The monoisotopic (exact) mass is 248 g/mol. The van der Waals surface area contributed by atoms with Crippen molar-refractivity contribution in [3.8, 4) is 11.8 Å². The fourth-order valence-corrected chi connectivity index (χ4v) is 1.38. The Hall–Kier alpha value is -1.56. The van der Waals surface area contributed by atoms with E-state index in [0.29, 0.717) is 10.6 Å². The molecule has 0 unspecified atom stereocenters. The van der Waals surface area contributed by atoms with Gasteiger partial charge in [0.15, 0.2) is 0 Å². The molecular weight excluding hydrogens is 243 g/mol. The number of benzene rings is 1.